The first-order chi connectivity index (χ1) is 8.43. The van der Waals surface area contributed by atoms with Crippen molar-refractivity contribution in [1.29, 1.82) is 0 Å². The third-order valence-electron chi connectivity index (χ3n) is 3.09. The largest absolute Gasteiger partial charge is 0.343 e. The Hall–Kier alpha value is -0.680. The van der Waals surface area contributed by atoms with Crippen molar-refractivity contribution in [2.45, 2.75) is 58.9 Å². The normalized spacial score (nSPS) is 12.2. The van der Waals surface area contributed by atoms with Gasteiger partial charge >= 0.3 is 0 Å². The number of anilines is 1. The van der Waals surface area contributed by atoms with Gasteiger partial charge in [-0.15, -0.1) is 0 Å². The van der Waals surface area contributed by atoms with Gasteiger partial charge in [-0.1, -0.05) is 34.6 Å². The molecule has 4 nitrogen and oxygen atoms in total. The average molecular weight is 270 g/mol. The van der Waals surface area contributed by atoms with Crippen molar-refractivity contribution in [2.24, 2.45) is 5.73 Å². The van der Waals surface area contributed by atoms with Crippen LogP contribution in [-0.4, -0.2) is 28.5 Å². The molecule has 0 saturated heterocycles. The molecule has 0 fully saturated rings. The molecule has 2 N–H and O–H groups in total. The Kier molecular flexibility index (Phi) is 5.53. The summed E-state index contributed by atoms with van der Waals surface area (Å²) < 4.78 is 4.49. The van der Waals surface area contributed by atoms with E-state index in [1.165, 1.54) is 11.5 Å². The fourth-order valence-electron chi connectivity index (χ4n) is 1.94. The summed E-state index contributed by atoms with van der Waals surface area (Å²) in [6.45, 7) is 12.4. The molecule has 0 aliphatic rings. The van der Waals surface area contributed by atoms with Crippen molar-refractivity contribution in [2.75, 3.05) is 18.0 Å². The average Bonchev–Trinajstić information content (AvgIpc) is 2.78. The summed E-state index contributed by atoms with van der Waals surface area (Å²) >= 11 is 1.49. The topological polar surface area (TPSA) is 55.0 Å². The van der Waals surface area contributed by atoms with Crippen LogP contribution in [0.1, 0.15) is 53.3 Å². The third-order valence-corrected chi connectivity index (χ3v) is 3.84. The summed E-state index contributed by atoms with van der Waals surface area (Å²) in [4.78, 5) is 7.01. The second-order valence-corrected chi connectivity index (χ2v) is 6.33. The molecule has 5 heteroatoms. The van der Waals surface area contributed by atoms with E-state index >= 15 is 0 Å². The number of hydrogen-bond acceptors (Lipinski definition) is 5. The lowest BCUT2D eigenvalue weighted by atomic mass is 9.96. The third kappa shape index (κ3) is 3.65. The number of nitrogens with two attached hydrogens (primary N) is 1. The van der Waals surface area contributed by atoms with E-state index in [0.29, 0.717) is 12.6 Å². The fourth-order valence-corrected chi connectivity index (χ4v) is 2.90. The van der Waals surface area contributed by atoms with Gasteiger partial charge in [0, 0.05) is 36.1 Å². The van der Waals surface area contributed by atoms with Crippen LogP contribution < -0.4 is 10.6 Å². The van der Waals surface area contributed by atoms with E-state index in [-0.39, 0.29) is 5.41 Å². The Labute approximate surface area is 115 Å². The van der Waals surface area contributed by atoms with Gasteiger partial charge in [0.1, 0.15) is 5.82 Å². The summed E-state index contributed by atoms with van der Waals surface area (Å²) in [7, 11) is 0. The van der Waals surface area contributed by atoms with Gasteiger partial charge in [-0.05, 0) is 12.8 Å². The fraction of sp³-hybridized carbons (Fsp3) is 0.846. The van der Waals surface area contributed by atoms with Gasteiger partial charge in [-0.2, -0.15) is 4.37 Å². The molecule has 1 rings (SSSR count). The summed E-state index contributed by atoms with van der Waals surface area (Å²) in [6, 6.07) is 0.509. The Bertz CT molecular complexity index is 352. The van der Waals surface area contributed by atoms with Crippen molar-refractivity contribution in [3.63, 3.8) is 0 Å². The molecule has 18 heavy (non-hydrogen) atoms. The predicted octanol–water partition coefficient (Wildman–Crippen LogP) is 2.79. The molecule has 0 atom stereocenters. The molecule has 0 radical (unpaired) electrons. The highest BCUT2D eigenvalue weighted by Crippen LogP contribution is 2.27. The second-order valence-electron chi connectivity index (χ2n) is 5.60. The monoisotopic (exact) mass is 270 g/mol. The molecule has 0 bridgehead atoms. The maximum atomic E-state index is 5.72. The van der Waals surface area contributed by atoms with Crippen molar-refractivity contribution in [3.05, 3.63) is 5.82 Å². The lowest BCUT2D eigenvalue weighted by Gasteiger charge is -2.29. The molecular formula is C13H26N4S. The van der Waals surface area contributed by atoms with E-state index in [4.69, 9.17) is 10.7 Å². The lowest BCUT2D eigenvalue weighted by Crippen LogP contribution is -2.38. The number of rotatable bonds is 6. The van der Waals surface area contributed by atoms with Gasteiger partial charge in [0.15, 0.2) is 0 Å². The van der Waals surface area contributed by atoms with Gasteiger partial charge in [-0.3, -0.25) is 0 Å². The zero-order chi connectivity index (χ0) is 13.8. The first-order valence-electron chi connectivity index (χ1n) is 6.74. The lowest BCUT2D eigenvalue weighted by molar-refractivity contribution is 0.541. The van der Waals surface area contributed by atoms with Gasteiger partial charge in [0.25, 0.3) is 0 Å². The Morgan fingerprint density at radius 1 is 1.28 bits per heavy atom. The van der Waals surface area contributed by atoms with Gasteiger partial charge in [0.2, 0.25) is 5.13 Å². The van der Waals surface area contributed by atoms with Gasteiger partial charge in [-0.25, -0.2) is 4.98 Å². The zero-order valence-electron chi connectivity index (χ0n) is 12.2. The number of aromatic nitrogens is 2. The molecule has 0 aliphatic heterocycles. The molecule has 0 aromatic carbocycles. The predicted molar refractivity (Wildman–Crippen MR) is 79.4 cm³/mol. The first-order valence-corrected chi connectivity index (χ1v) is 7.52. The maximum absolute atomic E-state index is 5.72. The van der Waals surface area contributed by atoms with E-state index < -0.39 is 0 Å². The Morgan fingerprint density at radius 2 is 1.89 bits per heavy atom. The molecule has 104 valence electrons. The Morgan fingerprint density at radius 3 is 2.28 bits per heavy atom. The molecule has 0 aliphatic carbocycles. The summed E-state index contributed by atoms with van der Waals surface area (Å²) in [5.74, 6) is 0.926. The molecule has 1 aromatic heterocycles. The van der Waals surface area contributed by atoms with Gasteiger partial charge < -0.3 is 10.6 Å². The minimum Gasteiger partial charge on any atom is -0.343 e. The summed E-state index contributed by atoms with van der Waals surface area (Å²) in [6.07, 6.45) is 2.22. The van der Waals surface area contributed by atoms with Crippen LogP contribution in [0, 0.1) is 0 Å². The van der Waals surface area contributed by atoms with E-state index in [1.807, 2.05) is 0 Å². The van der Waals surface area contributed by atoms with Crippen LogP contribution in [0.3, 0.4) is 0 Å². The van der Waals surface area contributed by atoms with Crippen molar-refractivity contribution >= 4 is 16.7 Å². The molecule has 1 aromatic rings. The van der Waals surface area contributed by atoms with E-state index in [2.05, 4.69) is 43.9 Å². The van der Waals surface area contributed by atoms with Crippen LogP contribution >= 0.6 is 11.5 Å². The maximum Gasteiger partial charge on any atom is 0.205 e. The van der Waals surface area contributed by atoms with Gasteiger partial charge in [0.05, 0.1) is 0 Å². The smallest absolute Gasteiger partial charge is 0.205 e. The van der Waals surface area contributed by atoms with Crippen molar-refractivity contribution in [1.82, 2.24) is 9.36 Å². The zero-order valence-corrected chi connectivity index (χ0v) is 13.0. The highest BCUT2D eigenvalue weighted by Gasteiger charge is 2.23. The van der Waals surface area contributed by atoms with Crippen LogP contribution in [0.5, 0.6) is 0 Å². The van der Waals surface area contributed by atoms with E-state index in [9.17, 15) is 0 Å². The molecule has 0 spiro atoms. The molecule has 0 saturated carbocycles. The minimum atomic E-state index is 0.0110. The molecule has 0 amide bonds. The minimum absolute atomic E-state index is 0.0110. The molecule has 0 unspecified atom stereocenters. The summed E-state index contributed by atoms with van der Waals surface area (Å²) in [5.41, 5.74) is 5.73. The van der Waals surface area contributed by atoms with Crippen LogP contribution in [0.4, 0.5) is 5.13 Å². The Balaban J connectivity index is 2.95. The quantitative estimate of drug-likeness (QED) is 0.863. The van der Waals surface area contributed by atoms with Crippen LogP contribution in [0.25, 0.3) is 0 Å². The van der Waals surface area contributed by atoms with E-state index in [0.717, 1.165) is 30.3 Å². The second kappa shape index (κ2) is 6.48. The highest BCUT2D eigenvalue weighted by atomic mass is 32.1. The van der Waals surface area contributed by atoms with Crippen LogP contribution in [-0.2, 0) is 5.41 Å². The standard InChI is InChI=1S/C13H26N4S/c1-6-10(7-2)17(9-8-14)12-15-11(16-18-12)13(3,4)5/h10H,6-9,14H2,1-5H3. The number of hydrogen-bond donors (Lipinski definition) is 1. The molecular weight excluding hydrogens is 244 g/mol. The van der Waals surface area contributed by atoms with E-state index in [1.54, 1.807) is 0 Å². The van der Waals surface area contributed by atoms with Crippen LogP contribution in [0.15, 0.2) is 0 Å². The SMILES string of the molecule is CCC(CC)N(CCN)c1nc(C(C)(C)C)ns1. The van der Waals surface area contributed by atoms with Crippen LogP contribution in [0.2, 0.25) is 0 Å². The first kappa shape index (κ1) is 15.4. The summed E-state index contributed by atoms with van der Waals surface area (Å²) in [5, 5.41) is 1.01. The highest BCUT2D eigenvalue weighted by molar-refractivity contribution is 7.09. The number of nitrogens with zero attached hydrogens (tertiary/aromatic N) is 3. The van der Waals surface area contributed by atoms with Crippen molar-refractivity contribution < 1.29 is 0 Å². The molecule has 1 heterocycles. The van der Waals surface area contributed by atoms with Crippen molar-refractivity contribution in [3.8, 4) is 0 Å².